The normalized spacial score (nSPS) is 19.4. The van der Waals surface area contributed by atoms with Gasteiger partial charge >= 0.3 is 0 Å². The van der Waals surface area contributed by atoms with Crippen molar-refractivity contribution in [1.82, 2.24) is 10.6 Å². The minimum Gasteiger partial charge on any atom is -0.352 e. The van der Waals surface area contributed by atoms with E-state index in [0.29, 0.717) is 5.92 Å². The average Bonchev–Trinajstić information content (AvgIpc) is 2.98. The van der Waals surface area contributed by atoms with Crippen LogP contribution in [0.25, 0.3) is 0 Å². The van der Waals surface area contributed by atoms with Gasteiger partial charge in [-0.25, -0.2) is 0 Å². The van der Waals surface area contributed by atoms with E-state index in [-0.39, 0.29) is 17.9 Å². The number of carbonyl (C=O) groups excluding carboxylic acids is 2. The minimum atomic E-state index is -0.470. The highest BCUT2D eigenvalue weighted by Crippen LogP contribution is 2.32. The minimum absolute atomic E-state index is 0.0954. The van der Waals surface area contributed by atoms with Crippen molar-refractivity contribution in [3.05, 3.63) is 0 Å². The largest absolute Gasteiger partial charge is 0.352 e. The van der Waals surface area contributed by atoms with E-state index in [1.807, 2.05) is 27.7 Å². The van der Waals surface area contributed by atoms with Gasteiger partial charge in [-0.1, -0.05) is 20.8 Å². The second-order valence-corrected chi connectivity index (χ2v) is 6.08. The molecule has 0 spiro atoms. The zero-order chi connectivity index (χ0) is 13.2. The van der Waals surface area contributed by atoms with Crippen LogP contribution in [-0.2, 0) is 9.59 Å². The van der Waals surface area contributed by atoms with Crippen molar-refractivity contribution in [2.75, 3.05) is 0 Å². The van der Waals surface area contributed by atoms with Crippen LogP contribution >= 0.6 is 0 Å². The van der Waals surface area contributed by atoms with Gasteiger partial charge in [0.05, 0.1) is 0 Å². The summed E-state index contributed by atoms with van der Waals surface area (Å²) in [7, 11) is 0. The Hall–Kier alpha value is -1.06. The Balaban J connectivity index is 2.38. The summed E-state index contributed by atoms with van der Waals surface area (Å²) in [4.78, 5) is 23.5. The van der Waals surface area contributed by atoms with Crippen LogP contribution in [0.1, 0.15) is 47.5 Å². The van der Waals surface area contributed by atoms with Crippen molar-refractivity contribution in [2.24, 2.45) is 11.3 Å². The molecule has 1 fully saturated rings. The first kappa shape index (κ1) is 14.0. The molecule has 1 saturated carbocycles. The fraction of sp³-hybridized carbons (Fsp3) is 0.846. The summed E-state index contributed by atoms with van der Waals surface area (Å²) in [6, 6.07) is -0.251. The molecule has 2 amide bonds. The standard InChI is InChI=1S/C13H24N2O2/c1-8(10-6-7-10)14-11(16)9(2)15-12(17)13(3,4)5/h8-10H,6-7H2,1-5H3,(H,14,16)(H,15,17). The molecule has 0 aliphatic heterocycles. The van der Waals surface area contributed by atoms with E-state index < -0.39 is 11.5 Å². The highest BCUT2D eigenvalue weighted by molar-refractivity contribution is 5.89. The SMILES string of the molecule is CC(NC(=O)C(C)(C)C)C(=O)NC(C)C1CC1. The Morgan fingerprint density at radius 1 is 1.12 bits per heavy atom. The van der Waals surface area contributed by atoms with Gasteiger partial charge in [-0.3, -0.25) is 9.59 Å². The van der Waals surface area contributed by atoms with Gasteiger partial charge in [-0.15, -0.1) is 0 Å². The first-order valence-corrected chi connectivity index (χ1v) is 6.33. The summed E-state index contributed by atoms with van der Waals surface area (Å²) in [5.74, 6) is 0.436. The Morgan fingerprint density at radius 2 is 1.65 bits per heavy atom. The zero-order valence-corrected chi connectivity index (χ0v) is 11.5. The van der Waals surface area contributed by atoms with Gasteiger partial charge < -0.3 is 10.6 Å². The fourth-order valence-electron chi connectivity index (χ4n) is 1.54. The molecular weight excluding hydrogens is 216 g/mol. The van der Waals surface area contributed by atoms with E-state index in [9.17, 15) is 9.59 Å². The van der Waals surface area contributed by atoms with E-state index in [4.69, 9.17) is 0 Å². The second kappa shape index (κ2) is 5.07. The number of hydrogen-bond donors (Lipinski definition) is 2. The molecule has 0 aromatic rings. The Bertz CT molecular complexity index is 303. The monoisotopic (exact) mass is 240 g/mol. The van der Waals surface area contributed by atoms with Crippen LogP contribution in [0.5, 0.6) is 0 Å². The van der Waals surface area contributed by atoms with Crippen LogP contribution in [-0.4, -0.2) is 23.9 Å². The van der Waals surface area contributed by atoms with Crippen molar-refractivity contribution in [3.63, 3.8) is 0 Å². The van der Waals surface area contributed by atoms with Crippen LogP contribution in [0.2, 0.25) is 0 Å². The van der Waals surface area contributed by atoms with Crippen molar-refractivity contribution in [1.29, 1.82) is 0 Å². The van der Waals surface area contributed by atoms with E-state index in [1.165, 1.54) is 12.8 Å². The molecule has 2 atom stereocenters. The summed E-state index contributed by atoms with van der Waals surface area (Å²) in [5, 5.41) is 5.68. The molecule has 0 bridgehead atoms. The van der Waals surface area contributed by atoms with Gasteiger partial charge in [0.1, 0.15) is 6.04 Å². The van der Waals surface area contributed by atoms with Gasteiger partial charge in [0, 0.05) is 11.5 Å². The lowest BCUT2D eigenvalue weighted by molar-refractivity contribution is -0.133. The molecule has 0 aromatic carbocycles. The highest BCUT2D eigenvalue weighted by Gasteiger charge is 2.31. The fourth-order valence-corrected chi connectivity index (χ4v) is 1.54. The molecule has 4 nitrogen and oxygen atoms in total. The predicted molar refractivity (Wildman–Crippen MR) is 67.4 cm³/mol. The highest BCUT2D eigenvalue weighted by atomic mass is 16.2. The molecule has 0 saturated heterocycles. The van der Waals surface area contributed by atoms with Gasteiger partial charge in [-0.2, -0.15) is 0 Å². The quantitative estimate of drug-likeness (QED) is 0.781. The Kier molecular flexibility index (Phi) is 4.17. The predicted octanol–water partition coefficient (Wildman–Crippen LogP) is 1.45. The lowest BCUT2D eigenvalue weighted by Crippen LogP contribution is -2.50. The molecule has 1 rings (SSSR count). The summed E-state index contributed by atoms with van der Waals surface area (Å²) < 4.78 is 0. The number of nitrogens with one attached hydrogen (secondary N) is 2. The van der Waals surface area contributed by atoms with Crippen molar-refractivity contribution < 1.29 is 9.59 Å². The van der Waals surface area contributed by atoms with E-state index in [2.05, 4.69) is 10.6 Å². The zero-order valence-electron chi connectivity index (χ0n) is 11.5. The Labute approximate surface area is 104 Å². The molecule has 0 heterocycles. The maximum atomic E-state index is 11.8. The van der Waals surface area contributed by atoms with Gasteiger partial charge in [0.15, 0.2) is 0 Å². The van der Waals surface area contributed by atoms with Crippen molar-refractivity contribution >= 4 is 11.8 Å². The molecule has 1 aliphatic carbocycles. The van der Waals surface area contributed by atoms with Crippen LogP contribution in [0.4, 0.5) is 0 Å². The van der Waals surface area contributed by atoms with Gasteiger partial charge in [0.25, 0.3) is 0 Å². The lowest BCUT2D eigenvalue weighted by atomic mass is 9.95. The first-order valence-electron chi connectivity index (χ1n) is 6.33. The number of hydrogen-bond acceptors (Lipinski definition) is 2. The maximum absolute atomic E-state index is 11.8. The average molecular weight is 240 g/mol. The molecule has 0 radical (unpaired) electrons. The van der Waals surface area contributed by atoms with Crippen LogP contribution in [0.15, 0.2) is 0 Å². The lowest BCUT2D eigenvalue weighted by Gasteiger charge is -2.22. The van der Waals surface area contributed by atoms with Crippen LogP contribution < -0.4 is 10.6 Å². The smallest absolute Gasteiger partial charge is 0.242 e. The van der Waals surface area contributed by atoms with E-state index in [1.54, 1.807) is 6.92 Å². The summed E-state index contributed by atoms with van der Waals surface area (Å²) in [6.45, 7) is 9.24. The maximum Gasteiger partial charge on any atom is 0.242 e. The molecule has 1 aliphatic rings. The van der Waals surface area contributed by atoms with Crippen molar-refractivity contribution in [3.8, 4) is 0 Å². The molecule has 98 valence electrons. The topological polar surface area (TPSA) is 58.2 Å². The number of amides is 2. The van der Waals surface area contributed by atoms with E-state index in [0.717, 1.165) is 0 Å². The molecule has 2 N–H and O–H groups in total. The third-order valence-electron chi connectivity index (χ3n) is 3.12. The number of rotatable bonds is 4. The van der Waals surface area contributed by atoms with E-state index >= 15 is 0 Å². The second-order valence-electron chi connectivity index (χ2n) is 6.08. The first-order chi connectivity index (χ1) is 7.71. The molecule has 2 unspecified atom stereocenters. The number of carbonyl (C=O) groups is 2. The summed E-state index contributed by atoms with van der Waals surface area (Å²) >= 11 is 0. The van der Waals surface area contributed by atoms with Gasteiger partial charge in [0.2, 0.25) is 11.8 Å². The summed E-state index contributed by atoms with van der Waals surface area (Å²) in [6.07, 6.45) is 2.40. The summed E-state index contributed by atoms with van der Waals surface area (Å²) in [5.41, 5.74) is -0.462. The van der Waals surface area contributed by atoms with Crippen LogP contribution in [0.3, 0.4) is 0 Å². The molecule has 4 heteroatoms. The molecule has 0 aromatic heterocycles. The third-order valence-corrected chi connectivity index (χ3v) is 3.12. The molecule has 17 heavy (non-hydrogen) atoms. The van der Waals surface area contributed by atoms with Gasteiger partial charge in [-0.05, 0) is 32.6 Å². The molecular formula is C13H24N2O2. The Morgan fingerprint density at radius 3 is 2.06 bits per heavy atom. The van der Waals surface area contributed by atoms with Crippen molar-refractivity contribution in [2.45, 2.75) is 59.5 Å². The third kappa shape index (κ3) is 4.36. The van der Waals surface area contributed by atoms with Crippen LogP contribution in [0, 0.1) is 11.3 Å².